The Balaban J connectivity index is 2.18. The Kier molecular flexibility index (Phi) is 2.90. The molecule has 1 aromatic rings. The van der Waals surface area contributed by atoms with E-state index in [-0.39, 0.29) is 6.42 Å². The summed E-state index contributed by atoms with van der Waals surface area (Å²) >= 11 is 18.3. The van der Waals surface area contributed by atoms with Crippen molar-refractivity contribution in [2.45, 2.75) is 16.0 Å². The molecular formula is C8H6Cl3NO2S. The lowest BCUT2D eigenvalue weighted by Crippen LogP contribution is -2.42. The third-order valence-corrected chi connectivity index (χ3v) is 3.77. The van der Waals surface area contributed by atoms with Gasteiger partial charge in [-0.2, -0.15) is 0 Å². The van der Waals surface area contributed by atoms with Crippen LogP contribution in [0.3, 0.4) is 0 Å². The lowest BCUT2D eigenvalue weighted by atomic mass is 10.1. The van der Waals surface area contributed by atoms with E-state index >= 15 is 0 Å². The Morgan fingerprint density at radius 1 is 1.53 bits per heavy atom. The molecule has 1 aliphatic heterocycles. The zero-order chi connectivity index (χ0) is 11.1. The van der Waals surface area contributed by atoms with Crippen molar-refractivity contribution < 1.29 is 9.94 Å². The summed E-state index contributed by atoms with van der Waals surface area (Å²) in [6.07, 6.45) is 0.0595. The summed E-state index contributed by atoms with van der Waals surface area (Å²) < 4.78 is -1.92. The maximum Gasteiger partial charge on any atom is 0.287 e. The number of aliphatic hydroxyl groups is 1. The van der Waals surface area contributed by atoms with Crippen LogP contribution in [0.2, 0.25) is 0 Å². The molecule has 3 nitrogen and oxygen atoms in total. The molecule has 0 fully saturated rings. The first kappa shape index (κ1) is 11.5. The zero-order valence-electron chi connectivity index (χ0n) is 7.28. The molecule has 1 unspecified atom stereocenters. The lowest BCUT2D eigenvalue weighted by Gasteiger charge is -2.26. The maximum atomic E-state index is 9.87. The molecule has 1 aliphatic rings. The summed E-state index contributed by atoms with van der Waals surface area (Å²) in [6, 6.07) is 3.73. The third-order valence-electron chi connectivity index (χ3n) is 1.96. The SMILES string of the molecule is OC1(C(Cl)(Cl)Cl)CC(c2cccs2)=NO1. The molecule has 1 N–H and O–H groups in total. The van der Waals surface area contributed by atoms with Crippen LogP contribution in [0.1, 0.15) is 11.3 Å². The molecule has 0 aliphatic carbocycles. The Hall–Kier alpha value is -0.000000000000000222. The van der Waals surface area contributed by atoms with Gasteiger partial charge >= 0.3 is 0 Å². The molecule has 1 aromatic heterocycles. The highest BCUT2D eigenvalue weighted by Crippen LogP contribution is 2.44. The smallest absolute Gasteiger partial charge is 0.287 e. The van der Waals surface area contributed by atoms with Gasteiger partial charge in [-0.3, -0.25) is 0 Å². The van der Waals surface area contributed by atoms with Gasteiger partial charge in [-0.15, -0.1) is 11.3 Å². The van der Waals surface area contributed by atoms with Crippen molar-refractivity contribution in [3.63, 3.8) is 0 Å². The van der Waals surface area contributed by atoms with E-state index in [0.29, 0.717) is 5.71 Å². The molecule has 0 bridgehead atoms. The van der Waals surface area contributed by atoms with Crippen molar-refractivity contribution in [1.82, 2.24) is 0 Å². The highest BCUT2D eigenvalue weighted by atomic mass is 35.6. The number of thiophene rings is 1. The van der Waals surface area contributed by atoms with E-state index in [1.54, 1.807) is 0 Å². The van der Waals surface area contributed by atoms with Crippen molar-refractivity contribution >= 4 is 51.9 Å². The van der Waals surface area contributed by atoms with Gasteiger partial charge in [0.25, 0.3) is 9.58 Å². The summed E-state index contributed by atoms with van der Waals surface area (Å²) in [7, 11) is 0. The monoisotopic (exact) mass is 285 g/mol. The maximum absolute atomic E-state index is 9.87. The van der Waals surface area contributed by atoms with E-state index in [1.165, 1.54) is 11.3 Å². The summed E-state index contributed by atoms with van der Waals surface area (Å²) in [5.41, 5.74) is 0.582. The van der Waals surface area contributed by atoms with Gasteiger partial charge in [0, 0.05) is 0 Å². The number of rotatable bonds is 1. The lowest BCUT2D eigenvalue weighted by molar-refractivity contribution is -0.181. The van der Waals surface area contributed by atoms with Gasteiger partial charge in [0.15, 0.2) is 0 Å². The third kappa shape index (κ3) is 2.10. The Labute approximate surface area is 105 Å². The van der Waals surface area contributed by atoms with Crippen LogP contribution in [0, 0.1) is 0 Å². The minimum absolute atomic E-state index is 0.0595. The van der Waals surface area contributed by atoms with Crippen LogP contribution in [-0.2, 0) is 4.84 Å². The van der Waals surface area contributed by atoms with Gasteiger partial charge in [-0.25, -0.2) is 0 Å². The summed E-state index contributed by atoms with van der Waals surface area (Å²) in [6.45, 7) is 0. The number of hydrogen-bond acceptors (Lipinski definition) is 4. The van der Waals surface area contributed by atoms with Crippen molar-refractivity contribution in [1.29, 1.82) is 0 Å². The van der Waals surface area contributed by atoms with Crippen LogP contribution in [0.25, 0.3) is 0 Å². The molecule has 0 saturated heterocycles. The summed E-state index contributed by atoms with van der Waals surface area (Å²) in [5, 5.41) is 15.5. The fourth-order valence-electron chi connectivity index (χ4n) is 1.15. The molecule has 0 saturated carbocycles. The van der Waals surface area contributed by atoms with E-state index < -0.39 is 9.58 Å². The highest BCUT2D eigenvalue weighted by Gasteiger charge is 2.54. The predicted octanol–water partition coefficient (Wildman–Crippen LogP) is 2.93. The minimum Gasteiger partial charge on any atom is -0.355 e. The molecule has 2 rings (SSSR count). The van der Waals surface area contributed by atoms with Crippen LogP contribution in [-0.4, -0.2) is 20.4 Å². The second-order valence-corrected chi connectivity index (χ2v) is 6.29. The largest absolute Gasteiger partial charge is 0.355 e. The van der Waals surface area contributed by atoms with Gasteiger partial charge in [0.1, 0.15) is 5.71 Å². The fraction of sp³-hybridized carbons (Fsp3) is 0.375. The van der Waals surface area contributed by atoms with E-state index in [2.05, 4.69) is 5.16 Å². The van der Waals surface area contributed by atoms with Crippen LogP contribution in [0.4, 0.5) is 0 Å². The van der Waals surface area contributed by atoms with E-state index in [0.717, 1.165) is 4.88 Å². The van der Waals surface area contributed by atoms with Gasteiger partial charge in [0.05, 0.1) is 11.3 Å². The van der Waals surface area contributed by atoms with Gasteiger partial charge < -0.3 is 9.94 Å². The highest BCUT2D eigenvalue weighted by molar-refractivity contribution is 7.12. The van der Waals surface area contributed by atoms with Gasteiger partial charge in [-0.1, -0.05) is 46.0 Å². The average Bonchev–Trinajstić information content (AvgIpc) is 2.70. The summed E-state index contributed by atoms with van der Waals surface area (Å²) in [4.78, 5) is 5.68. The molecule has 0 aromatic carbocycles. The first-order chi connectivity index (χ1) is 6.92. The topological polar surface area (TPSA) is 41.8 Å². The van der Waals surface area contributed by atoms with E-state index in [9.17, 15) is 5.11 Å². The van der Waals surface area contributed by atoms with E-state index in [1.807, 2.05) is 17.5 Å². The number of hydrogen-bond donors (Lipinski definition) is 1. The Morgan fingerprint density at radius 3 is 2.73 bits per heavy atom. The molecule has 0 radical (unpaired) electrons. The second-order valence-electron chi connectivity index (χ2n) is 3.07. The number of alkyl halides is 3. The molecule has 0 spiro atoms. The summed E-state index contributed by atoms with van der Waals surface area (Å²) in [5.74, 6) is -1.88. The Bertz CT molecular complexity index is 387. The Morgan fingerprint density at radius 2 is 2.27 bits per heavy atom. The molecule has 1 atom stereocenters. The second kappa shape index (κ2) is 3.79. The number of oxime groups is 1. The first-order valence-corrected chi connectivity index (χ1v) is 6.02. The van der Waals surface area contributed by atoms with Crippen LogP contribution < -0.4 is 0 Å². The molecule has 82 valence electrons. The zero-order valence-corrected chi connectivity index (χ0v) is 10.4. The molecule has 2 heterocycles. The van der Waals surface area contributed by atoms with Crippen molar-refractivity contribution in [2.75, 3.05) is 0 Å². The number of halogens is 3. The predicted molar refractivity (Wildman–Crippen MR) is 61.8 cm³/mol. The van der Waals surface area contributed by atoms with Crippen molar-refractivity contribution in [3.8, 4) is 0 Å². The fourth-order valence-corrected chi connectivity index (χ4v) is 2.16. The van der Waals surface area contributed by atoms with Gasteiger partial charge in [-0.05, 0) is 11.4 Å². The molecule has 0 amide bonds. The molecule has 15 heavy (non-hydrogen) atoms. The van der Waals surface area contributed by atoms with Crippen LogP contribution in [0.15, 0.2) is 22.7 Å². The average molecular weight is 287 g/mol. The van der Waals surface area contributed by atoms with E-state index in [4.69, 9.17) is 39.6 Å². The first-order valence-electron chi connectivity index (χ1n) is 4.00. The normalized spacial score (nSPS) is 26.3. The van der Waals surface area contributed by atoms with Gasteiger partial charge in [0.2, 0.25) is 0 Å². The molecular weight excluding hydrogens is 281 g/mol. The number of nitrogens with zero attached hydrogens (tertiary/aromatic N) is 1. The quantitative estimate of drug-likeness (QED) is 0.807. The van der Waals surface area contributed by atoms with Crippen molar-refractivity contribution in [2.24, 2.45) is 5.16 Å². The molecule has 7 heteroatoms. The minimum atomic E-state index is -1.92. The van der Waals surface area contributed by atoms with Crippen molar-refractivity contribution in [3.05, 3.63) is 22.4 Å². The standard InChI is InChI=1S/C8H6Cl3NO2S/c9-8(10,11)7(13)4-5(12-14-7)6-2-1-3-15-6/h1-3,13H,4H2. The van der Waals surface area contributed by atoms with Crippen LogP contribution >= 0.6 is 46.1 Å². The van der Waals surface area contributed by atoms with Crippen LogP contribution in [0.5, 0.6) is 0 Å².